The van der Waals surface area contributed by atoms with E-state index in [2.05, 4.69) is 15.4 Å². The number of methoxy groups -OCH3 is 2. The molecule has 5 rings (SSSR count). The van der Waals surface area contributed by atoms with Crippen molar-refractivity contribution < 1.29 is 23.8 Å². The van der Waals surface area contributed by atoms with Gasteiger partial charge < -0.3 is 19.5 Å². The third kappa shape index (κ3) is 3.72. The van der Waals surface area contributed by atoms with E-state index >= 15 is 0 Å². The van der Waals surface area contributed by atoms with E-state index in [0.29, 0.717) is 24.4 Å². The zero-order valence-corrected chi connectivity index (χ0v) is 20.1. The summed E-state index contributed by atoms with van der Waals surface area (Å²) < 4.78 is 18.5. The molecule has 0 saturated carbocycles. The summed E-state index contributed by atoms with van der Waals surface area (Å²) in [6.07, 6.45) is 5.01. The van der Waals surface area contributed by atoms with Gasteiger partial charge in [-0.05, 0) is 24.1 Å². The van der Waals surface area contributed by atoms with Crippen LogP contribution < -0.4 is 19.5 Å². The molecular formula is C25H23ClN4O5. The lowest BCUT2D eigenvalue weighted by Gasteiger charge is -2.35. The number of nitrogens with one attached hydrogen (secondary N) is 1. The van der Waals surface area contributed by atoms with Crippen molar-refractivity contribution in [2.24, 2.45) is 5.92 Å². The van der Waals surface area contributed by atoms with Crippen LogP contribution in [0.15, 0.2) is 54.8 Å². The molecule has 1 aliphatic carbocycles. The second-order valence-corrected chi connectivity index (χ2v) is 8.90. The first-order chi connectivity index (χ1) is 16.9. The first-order valence-electron chi connectivity index (χ1n) is 11.0. The van der Waals surface area contributed by atoms with Crippen molar-refractivity contribution in [3.05, 3.63) is 70.9 Å². The molecule has 2 aromatic carbocycles. The molecule has 2 aliphatic rings. The Morgan fingerprint density at radius 2 is 1.94 bits per heavy atom. The van der Waals surface area contributed by atoms with E-state index < -0.39 is 23.1 Å². The Morgan fingerprint density at radius 3 is 2.57 bits per heavy atom. The maximum absolute atomic E-state index is 13.6. The Bertz CT molecular complexity index is 1340. The van der Waals surface area contributed by atoms with E-state index in [1.54, 1.807) is 11.0 Å². The maximum Gasteiger partial charge on any atom is 0.236 e. The number of hydrogen-bond donors (Lipinski definition) is 1. The number of ketones is 2. The van der Waals surface area contributed by atoms with Crippen LogP contribution >= 0.6 is 11.6 Å². The highest BCUT2D eigenvalue weighted by atomic mass is 35.5. The summed E-state index contributed by atoms with van der Waals surface area (Å²) in [7, 11) is 2.89. The summed E-state index contributed by atoms with van der Waals surface area (Å²) in [4.78, 5) is 30.9. The van der Waals surface area contributed by atoms with Crippen LogP contribution in [-0.4, -0.2) is 46.2 Å². The van der Waals surface area contributed by atoms with E-state index in [0.717, 1.165) is 11.3 Å². The number of Topliss-reactive ketones (excluding diaryl/α,β-unsaturated/α-hetero) is 1. The fourth-order valence-corrected chi connectivity index (χ4v) is 4.86. The number of ether oxygens (including phenoxy) is 3. The molecule has 35 heavy (non-hydrogen) atoms. The van der Waals surface area contributed by atoms with Gasteiger partial charge in [0.1, 0.15) is 34.7 Å². The summed E-state index contributed by atoms with van der Waals surface area (Å²) in [5, 5.41) is 7.53. The van der Waals surface area contributed by atoms with Crippen LogP contribution in [0.2, 0.25) is 5.02 Å². The molecule has 1 N–H and O–H groups in total. The van der Waals surface area contributed by atoms with Crippen LogP contribution in [0.3, 0.4) is 0 Å². The molecule has 0 bridgehead atoms. The third-order valence-electron chi connectivity index (χ3n) is 6.38. The van der Waals surface area contributed by atoms with Crippen molar-refractivity contribution in [1.82, 2.24) is 14.8 Å². The number of halogens is 1. The Labute approximate surface area is 206 Å². The standard InChI is InChI=1S/C25H23ClN4O5/c1-14-8-17(29-16-6-4-15(5-7-16)11-30-13-27-12-28-30)9-20(31)25(14)24(32)21-18(33-2)10-19(34-3)22(26)23(21)35-25/h4-7,9-10,12-14,29H,8,11H2,1-3H3/t14-,25+/m1/s1. The number of fused-ring (bicyclic) bond motifs is 1. The molecule has 0 saturated heterocycles. The SMILES string of the molecule is COc1cc(OC)c2c(c1Cl)O[C@@]1(C(=O)C=C(Nc3ccc(Cn4cncn4)cc3)C[C@H]1C)C2=O. The summed E-state index contributed by atoms with van der Waals surface area (Å²) in [5.74, 6) is -0.698. The number of anilines is 1. The smallest absolute Gasteiger partial charge is 0.236 e. The van der Waals surface area contributed by atoms with Crippen LogP contribution in [0, 0.1) is 5.92 Å². The van der Waals surface area contributed by atoms with Gasteiger partial charge in [-0.3, -0.25) is 9.59 Å². The van der Waals surface area contributed by atoms with Gasteiger partial charge in [0.05, 0.1) is 20.8 Å². The van der Waals surface area contributed by atoms with Crippen molar-refractivity contribution in [3.8, 4) is 17.2 Å². The van der Waals surface area contributed by atoms with Crippen LogP contribution in [0.1, 0.15) is 29.3 Å². The van der Waals surface area contributed by atoms with Gasteiger partial charge in [0, 0.05) is 29.4 Å². The molecule has 1 aliphatic heterocycles. The number of nitrogens with zero attached hydrogens (tertiary/aromatic N) is 3. The number of benzene rings is 2. The second kappa shape index (κ2) is 8.74. The van der Waals surface area contributed by atoms with Gasteiger partial charge in [0.15, 0.2) is 5.75 Å². The summed E-state index contributed by atoms with van der Waals surface area (Å²) in [6.45, 7) is 2.42. The van der Waals surface area contributed by atoms with Crippen LogP contribution in [0.5, 0.6) is 17.2 Å². The lowest BCUT2D eigenvalue weighted by Crippen LogP contribution is -2.55. The number of aromatic nitrogens is 3. The fraction of sp³-hybridized carbons (Fsp3) is 0.280. The third-order valence-corrected chi connectivity index (χ3v) is 6.74. The normalized spacial score (nSPS) is 20.9. The first kappa shape index (κ1) is 22.9. The van der Waals surface area contributed by atoms with Gasteiger partial charge in [0.25, 0.3) is 0 Å². The molecule has 9 nitrogen and oxygen atoms in total. The Balaban J connectivity index is 1.39. The van der Waals surface area contributed by atoms with Crippen LogP contribution in [-0.2, 0) is 11.3 Å². The van der Waals surface area contributed by atoms with Crippen LogP contribution in [0.25, 0.3) is 0 Å². The molecular weight excluding hydrogens is 472 g/mol. The van der Waals surface area contributed by atoms with E-state index in [1.165, 1.54) is 32.7 Å². The van der Waals surface area contributed by atoms with Crippen molar-refractivity contribution in [3.63, 3.8) is 0 Å². The molecule has 2 heterocycles. The maximum atomic E-state index is 13.6. The number of allylic oxidation sites excluding steroid dienone is 1. The Hall–Kier alpha value is -3.85. The van der Waals surface area contributed by atoms with Gasteiger partial charge in [0.2, 0.25) is 17.2 Å². The largest absolute Gasteiger partial charge is 0.496 e. The van der Waals surface area contributed by atoms with Crippen molar-refractivity contribution in [2.75, 3.05) is 19.5 Å². The molecule has 0 amide bonds. The number of hydrogen-bond acceptors (Lipinski definition) is 8. The van der Waals surface area contributed by atoms with E-state index in [1.807, 2.05) is 31.2 Å². The number of carbonyl (C=O) groups excluding carboxylic acids is 2. The topological polar surface area (TPSA) is 105 Å². The highest BCUT2D eigenvalue weighted by molar-refractivity contribution is 6.36. The number of rotatable bonds is 6. The summed E-state index contributed by atoms with van der Waals surface area (Å²) in [6, 6.07) is 9.33. The van der Waals surface area contributed by atoms with Crippen LogP contribution in [0.4, 0.5) is 5.69 Å². The van der Waals surface area contributed by atoms with Gasteiger partial charge in [-0.2, -0.15) is 5.10 Å². The van der Waals surface area contributed by atoms with Crippen molar-refractivity contribution >= 4 is 28.9 Å². The summed E-state index contributed by atoms with van der Waals surface area (Å²) in [5.41, 5.74) is 1.04. The minimum Gasteiger partial charge on any atom is -0.496 e. The minimum atomic E-state index is -1.70. The second-order valence-electron chi connectivity index (χ2n) is 8.52. The average Bonchev–Trinajstić information content (AvgIpc) is 3.47. The zero-order valence-electron chi connectivity index (χ0n) is 19.4. The lowest BCUT2D eigenvalue weighted by molar-refractivity contribution is -0.129. The van der Waals surface area contributed by atoms with Gasteiger partial charge in [-0.1, -0.05) is 30.7 Å². The minimum absolute atomic E-state index is 0.112. The Kier molecular flexibility index (Phi) is 5.72. The van der Waals surface area contributed by atoms with Crippen molar-refractivity contribution in [1.29, 1.82) is 0 Å². The van der Waals surface area contributed by atoms with E-state index in [4.69, 9.17) is 25.8 Å². The van der Waals surface area contributed by atoms with Crippen molar-refractivity contribution in [2.45, 2.75) is 25.5 Å². The fourth-order valence-electron chi connectivity index (χ4n) is 4.60. The van der Waals surface area contributed by atoms with Gasteiger partial charge >= 0.3 is 0 Å². The molecule has 180 valence electrons. The molecule has 0 unspecified atom stereocenters. The lowest BCUT2D eigenvalue weighted by atomic mass is 9.74. The molecule has 1 aromatic heterocycles. The Morgan fingerprint density at radius 1 is 1.20 bits per heavy atom. The molecule has 10 heteroatoms. The molecule has 1 spiro atoms. The predicted octanol–water partition coefficient (Wildman–Crippen LogP) is 3.92. The number of carbonyl (C=O) groups is 2. The average molecular weight is 495 g/mol. The zero-order chi connectivity index (χ0) is 24.7. The predicted molar refractivity (Wildman–Crippen MR) is 128 cm³/mol. The molecule has 2 atom stereocenters. The highest BCUT2D eigenvalue weighted by Gasteiger charge is 2.60. The van der Waals surface area contributed by atoms with E-state index in [-0.39, 0.29) is 22.1 Å². The van der Waals surface area contributed by atoms with E-state index in [9.17, 15) is 9.59 Å². The van der Waals surface area contributed by atoms with Gasteiger partial charge in [-0.25, -0.2) is 9.67 Å². The summed E-state index contributed by atoms with van der Waals surface area (Å²) >= 11 is 6.43. The first-order valence-corrected chi connectivity index (χ1v) is 11.4. The molecule has 0 radical (unpaired) electrons. The highest BCUT2D eigenvalue weighted by Crippen LogP contribution is 2.53. The molecule has 3 aromatic rings. The quantitative estimate of drug-likeness (QED) is 0.514. The van der Waals surface area contributed by atoms with Gasteiger partial charge in [-0.15, -0.1) is 0 Å². The molecule has 0 fully saturated rings. The monoisotopic (exact) mass is 494 g/mol.